The fourth-order valence-corrected chi connectivity index (χ4v) is 1.66. The molecule has 0 radical (unpaired) electrons. The van der Waals surface area contributed by atoms with Gasteiger partial charge < -0.3 is 9.64 Å². The van der Waals surface area contributed by atoms with E-state index in [2.05, 4.69) is 0 Å². The Morgan fingerprint density at radius 3 is 2.35 bits per heavy atom. The molecule has 1 aromatic rings. The Balaban J connectivity index is 2.44. The Morgan fingerprint density at radius 1 is 1.24 bits per heavy atom. The van der Waals surface area contributed by atoms with E-state index in [0.29, 0.717) is 6.61 Å². The van der Waals surface area contributed by atoms with Gasteiger partial charge >= 0.3 is 0 Å². The monoisotopic (exact) mass is 235 g/mol. The fraction of sp³-hybridized carbons (Fsp3) is 0.500. The molecule has 17 heavy (non-hydrogen) atoms. The molecule has 0 saturated heterocycles. The highest BCUT2D eigenvalue weighted by Crippen LogP contribution is 2.05. The molecule has 0 N–H and O–H groups in total. The number of hydrogen-bond donors (Lipinski definition) is 0. The smallest absolute Gasteiger partial charge is 0.251 e. The summed E-state index contributed by atoms with van der Waals surface area (Å²) < 4.78 is 5.58. The summed E-state index contributed by atoms with van der Waals surface area (Å²) in [5, 5.41) is 0. The molecular weight excluding hydrogens is 214 g/mol. The molecule has 0 aliphatic heterocycles. The second-order valence-electron chi connectivity index (χ2n) is 3.95. The second kappa shape index (κ2) is 7.07. The highest BCUT2D eigenvalue weighted by Gasteiger charge is 2.18. The summed E-state index contributed by atoms with van der Waals surface area (Å²) in [5.41, 5.74) is 1.09. The average molecular weight is 235 g/mol. The maximum absolute atomic E-state index is 11.9. The van der Waals surface area contributed by atoms with Crippen molar-refractivity contribution < 1.29 is 9.53 Å². The van der Waals surface area contributed by atoms with Gasteiger partial charge in [0.25, 0.3) is 5.91 Å². The Bertz CT molecular complexity index is 333. The van der Waals surface area contributed by atoms with Crippen LogP contribution < -0.4 is 0 Å². The number of carbonyl (C=O) groups is 1. The number of amides is 1. The van der Waals surface area contributed by atoms with Gasteiger partial charge in [-0.25, -0.2) is 0 Å². The lowest BCUT2D eigenvalue weighted by Gasteiger charge is -2.22. The van der Waals surface area contributed by atoms with E-state index in [0.717, 1.165) is 18.7 Å². The lowest BCUT2D eigenvalue weighted by Crippen LogP contribution is -2.38. The third-order valence-corrected chi connectivity index (χ3v) is 2.77. The number of rotatable bonds is 6. The third kappa shape index (κ3) is 4.19. The molecule has 0 bridgehead atoms. The Hall–Kier alpha value is -1.35. The van der Waals surface area contributed by atoms with E-state index in [1.807, 2.05) is 51.1 Å². The number of benzene rings is 1. The van der Waals surface area contributed by atoms with Gasteiger partial charge in [0, 0.05) is 13.1 Å². The summed E-state index contributed by atoms with van der Waals surface area (Å²) >= 11 is 0. The van der Waals surface area contributed by atoms with Crippen LogP contribution in [-0.4, -0.2) is 30.0 Å². The maximum atomic E-state index is 11.9. The minimum absolute atomic E-state index is 0.0610. The third-order valence-electron chi connectivity index (χ3n) is 2.77. The number of ether oxygens (including phenoxy) is 1. The fourth-order valence-electron chi connectivity index (χ4n) is 1.66. The number of nitrogens with zero attached hydrogens (tertiary/aromatic N) is 1. The average Bonchev–Trinajstić information content (AvgIpc) is 2.38. The molecule has 3 nitrogen and oxygen atoms in total. The minimum Gasteiger partial charge on any atom is -0.364 e. The van der Waals surface area contributed by atoms with Crippen LogP contribution in [0.25, 0.3) is 0 Å². The van der Waals surface area contributed by atoms with Crippen LogP contribution >= 0.6 is 0 Å². The first-order valence-electron chi connectivity index (χ1n) is 6.13. The zero-order valence-corrected chi connectivity index (χ0v) is 10.8. The second-order valence-corrected chi connectivity index (χ2v) is 3.95. The molecule has 0 aliphatic carbocycles. The van der Waals surface area contributed by atoms with Crippen molar-refractivity contribution >= 4 is 5.91 Å². The summed E-state index contributed by atoms with van der Waals surface area (Å²) in [4.78, 5) is 13.7. The van der Waals surface area contributed by atoms with Crippen LogP contribution in [0.1, 0.15) is 26.3 Å². The Morgan fingerprint density at radius 2 is 1.82 bits per heavy atom. The molecule has 0 saturated carbocycles. The molecule has 0 heterocycles. The van der Waals surface area contributed by atoms with Crippen LogP contribution in [0.2, 0.25) is 0 Å². The molecule has 1 aromatic carbocycles. The van der Waals surface area contributed by atoms with Crippen molar-refractivity contribution in [1.82, 2.24) is 4.90 Å². The lowest BCUT2D eigenvalue weighted by atomic mass is 10.2. The van der Waals surface area contributed by atoms with Gasteiger partial charge in [-0.2, -0.15) is 0 Å². The van der Waals surface area contributed by atoms with Crippen molar-refractivity contribution in [2.45, 2.75) is 33.5 Å². The van der Waals surface area contributed by atoms with Crippen molar-refractivity contribution in [3.05, 3.63) is 35.9 Å². The quantitative estimate of drug-likeness (QED) is 0.758. The van der Waals surface area contributed by atoms with Crippen molar-refractivity contribution in [2.24, 2.45) is 0 Å². The van der Waals surface area contributed by atoms with E-state index < -0.39 is 0 Å². The van der Waals surface area contributed by atoms with E-state index >= 15 is 0 Å². The Kier molecular flexibility index (Phi) is 5.70. The van der Waals surface area contributed by atoms with Gasteiger partial charge in [0.1, 0.15) is 6.10 Å². The maximum Gasteiger partial charge on any atom is 0.251 e. The lowest BCUT2D eigenvalue weighted by molar-refractivity contribution is -0.143. The first-order valence-corrected chi connectivity index (χ1v) is 6.13. The molecule has 1 amide bonds. The highest BCUT2D eigenvalue weighted by molar-refractivity contribution is 5.80. The molecule has 1 unspecified atom stereocenters. The standard InChI is InChI=1S/C14H21NO2/c1-4-15(5-2)14(16)12(3)17-11-13-9-7-6-8-10-13/h6-10,12H,4-5,11H2,1-3H3. The van der Waals surface area contributed by atoms with Crippen LogP contribution in [0.15, 0.2) is 30.3 Å². The first-order chi connectivity index (χ1) is 8.19. The number of carbonyl (C=O) groups excluding carboxylic acids is 1. The summed E-state index contributed by atoms with van der Waals surface area (Å²) in [6.07, 6.45) is -0.380. The summed E-state index contributed by atoms with van der Waals surface area (Å²) in [5.74, 6) is 0.0610. The Labute approximate surface area is 103 Å². The molecule has 3 heteroatoms. The molecule has 0 aromatic heterocycles. The van der Waals surface area contributed by atoms with Crippen molar-refractivity contribution in [3.8, 4) is 0 Å². The van der Waals surface area contributed by atoms with E-state index in [1.165, 1.54) is 0 Å². The molecule has 0 spiro atoms. The van der Waals surface area contributed by atoms with Crippen molar-refractivity contribution in [2.75, 3.05) is 13.1 Å². The number of hydrogen-bond acceptors (Lipinski definition) is 2. The zero-order chi connectivity index (χ0) is 12.7. The van der Waals surface area contributed by atoms with Gasteiger partial charge in [-0.15, -0.1) is 0 Å². The first kappa shape index (κ1) is 13.7. The predicted molar refractivity (Wildman–Crippen MR) is 68.6 cm³/mol. The van der Waals surface area contributed by atoms with Gasteiger partial charge in [0.15, 0.2) is 0 Å². The van der Waals surface area contributed by atoms with Crippen molar-refractivity contribution in [1.29, 1.82) is 0 Å². The SMILES string of the molecule is CCN(CC)C(=O)C(C)OCc1ccccc1. The van der Waals surface area contributed by atoms with Crippen molar-refractivity contribution in [3.63, 3.8) is 0 Å². The van der Waals surface area contributed by atoms with Gasteiger partial charge in [-0.3, -0.25) is 4.79 Å². The highest BCUT2D eigenvalue weighted by atomic mass is 16.5. The molecule has 0 fully saturated rings. The van der Waals surface area contributed by atoms with E-state index in [4.69, 9.17) is 4.74 Å². The van der Waals surface area contributed by atoms with Gasteiger partial charge in [0.2, 0.25) is 0 Å². The summed E-state index contributed by atoms with van der Waals surface area (Å²) in [6.45, 7) is 7.71. The van der Waals surface area contributed by atoms with Crippen LogP contribution in [0, 0.1) is 0 Å². The van der Waals surface area contributed by atoms with Gasteiger partial charge in [-0.1, -0.05) is 30.3 Å². The molecule has 1 rings (SSSR count). The van der Waals surface area contributed by atoms with Crippen LogP contribution in [-0.2, 0) is 16.1 Å². The van der Waals surface area contributed by atoms with Gasteiger partial charge in [-0.05, 0) is 26.3 Å². The largest absolute Gasteiger partial charge is 0.364 e. The predicted octanol–water partition coefficient (Wildman–Crippen LogP) is 2.46. The van der Waals surface area contributed by atoms with E-state index in [1.54, 1.807) is 4.90 Å². The molecule has 94 valence electrons. The number of likely N-dealkylation sites (N-methyl/N-ethyl adjacent to an activating group) is 1. The molecule has 0 aliphatic rings. The van der Waals surface area contributed by atoms with Crippen LogP contribution in [0.4, 0.5) is 0 Å². The van der Waals surface area contributed by atoms with Crippen LogP contribution in [0.5, 0.6) is 0 Å². The molecular formula is C14H21NO2. The normalized spacial score (nSPS) is 12.2. The van der Waals surface area contributed by atoms with Crippen LogP contribution in [0.3, 0.4) is 0 Å². The minimum atomic E-state index is -0.380. The van der Waals surface area contributed by atoms with E-state index in [9.17, 15) is 4.79 Å². The topological polar surface area (TPSA) is 29.5 Å². The molecule has 1 atom stereocenters. The van der Waals surface area contributed by atoms with E-state index in [-0.39, 0.29) is 12.0 Å². The van der Waals surface area contributed by atoms with Gasteiger partial charge in [0.05, 0.1) is 6.61 Å². The zero-order valence-electron chi connectivity index (χ0n) is 10.8. The summed E-state index contributed by atoms with van der Waals surface area (Å²) in [7, 11) is 0. The summed E-state index contributed by atoms with van der Waals surface area (Å²) in [6, 6.07) is 9.89.